The zero-order valence-electron chi connectivity index (χ0n) is 16.3. The number of nitrogens with two attached hydrogens (primary N) is 3. The van der Waals surface area contributed by atoms with Crippen molar-refractivity contribution in [3.8, 4) is 11.1 Å². The summed E-state index contributed by atoms with van der Waals surface area (Å²) in [6.07, 6.45) is 0.628. The molecule has 1 amide bonds. The number of carbonyl (C=O) groups is 1. The molecule has 4 rings (SSSR count). The number of rotatable bonds is 6. The summed E-state index contributed by atoms with van der Waals surface area (Å²) in [6, 6.07) is 21.8. The maximum absolute atomic E-state index is 12.5. The molecule has 0 spiro atoms. The molecule has 0 radical (unpaired) electrons. The number of primary amides is 1. The van der Waals surface area contributed by atoms with Gasteiger partial charge >= 0.3 is 0 Å². The van der Waals surface area contributed by atoms with Crippen LogP contribution in [0, 0.1) is 0 Å². The molecule has 1 saturated carbocycles. The Morgan fingerprint density at radius 3 is 2.33 bits per heavy atom. The predicted octanol–water partition coefficient (Wildman–Crippen LogP) is 2.37. The highest BCUT2D eigenvalue weighted by Gasteiger charge is 2.60. The molecule has 7 heteroatoms. The Morgan fingerprint density at radius 2 is 1.70 bits per heavy atom. The van der Waals surface area contributed by atoms with Gasteiger partial charge in [0, 0.05) is 18.0 Å². The Morgan fingerprint density at radius 1 is 1.00 bits per heavy atom. The van der Waals surface area contributed by atoms with Crippen molar-refractivity contribution < 1.29 is 13.2 Å². The summed E-state index contributed by atoms with van der Waals surface area (Å²) in [6.45, 7) is 0.433. The van der Waals surface area contributed by atoms with Crippen molar-refractivity contribution in [2.24, 2.45) is 16.6 Å². The normalized spacial score (nSPS) is 20.7. The molecule has 6 N–H and O–H groups in total. The summed E-state index contributed by atoms with van der Waals surface area (Å²) < 4.78 is 23.8. The summed E-state index contributed by atoms with van der Waals surface area (Å²) in [4.78, 5) is 12.5. The third-order valence-electron chi connectivity index (χ3n) is 5.89. The van der Waals surface area contributed by atoms with Gasteiger partial charge in [0.15, 0.2) is 0 Å². The minimum atomic E-state index is -3.86. The molecule has 2 unspecified atom stereocenters. The number of benzene rings is 3. The molecule has 0 aliphatic heterocycles. The fraction of sp³-hybridized carbons (Fsp3) is 0.174. The van der Waals surface area contributed by atoms with Crippen LogP contribution in [0.3, 0.4) is 0 Å². The largest absolute Gasteiger partial charge is 0.369 e. The van der Waals surface area contributed by atoms with E-state index in [0.717, 1.165) is 16.7 Å². The molecule has 0 bridgehead atoms. The van der Waals surface area contributed by atoms with Crippen LogP contribution in [0.5, 0.6) is 0 Å². The fourth-order valence-corrected chi connectivity index (χ4v) is 5.00. The number of sulfonamides is 1. The van der Waals surface area contributed by atoms with Crippen molar-refractivity contribution in [2.75, 3.05) is 0 Å². The van der Waals surface area contributed by atoms with Crippen LogP contribution in [-0.4, -0.2) is 14.3 Å². The highest BCUT2D eigenvalue weighted by Crippen LogP contribution is 2.60. The van der Waals surface area contributed by atoms with Gasteiger partial charge in [0.1, 0.15) is 0 Å². The van der Waals surface area contributed by atoms with Crippen LogP contribution in [0.1, 0.15) is 29.0 Å². The van der Waals surface area contributed by atoms with Crippen LogP contribution >= 0.6 is 0 Å². The first-order valence-corrected chi connectivity index (χ1v) is 11.1. The summed E-state index contributed by atoms with van der Waals surface area (Å²) in [5.41, 5.74) is 14.9. The molecule has 6 nitrogen and oxygen atoms in total. The van der Waals surface area contributed by atoms with Crippen LogP contribution in [0.4, 0.5) is 0 Å². The fourth-order valence-electron chi connectivity index (χ4n) is 4.24. The molecule has 0 heterocycles. The minimum Gasteiger partial charge on any atom is -0.369 e. The van der Waals surface area contributed by atoms with Gasteiger partial charge in [-0.25, -0.2) is 13.6 Å². The van der Waals surface area contributed by atoms with E-state index in [4.69, 9.17) is 16.6 Å². The lowest BCUT2D eigenvalue weighted by Gasteiger charge is -2.16. The summed E-state index contributed by atoms with van der Waals surface area (Å²) in [7, 11) is -3.86. The first-order chi connectivity index (χ1) is 14.3. The van der Waals surface area contributed by atoms with E-state index < -0.39 is 15.4 Å². The number of amides is 1. The Labute approximate surface area is 175 Å². The minimum absolute atomic E-state index is 0.0101. The van der Waals surface area contributed by atoms with Gasteiger partial charge < -0.3 is 11.5 Å². The van der Waals surface area contributed by atoms with E-state index in [0.29, 0.717) is 24.1 Å². The zero-order chi connectivity index (χ0) is 21.5. The van der Waals surface area contributed by atoms with Crippen LogP contribution in [-0.2, 0) is 26.8 Å². The van der Waals surface area contributed by atoms with Gasteiger partial charge in [-0.1, -0.05) is 66.7 Å². The molecular formula is C23H23N3O3S. The summed E-state index contributed by atoms with van der Waals surface area (Å²) >= 11 is 0. The van der Waals surface area contributed by atoms with Gasteiger partial charge in [-0.3, -0.25) is 4.79 Å². The van der Waals surface area contributed by atoms with Gasteiger partial charge in [-0.2, -0.15) is 0 Å². The first-order valence-electron chi connectivity index (χ1n) is 9.59. The highest BCUT2D eigenvalue weighted by atomic mass is 32.2. The number of carbonyl (C=O) groups excluding carboxylic acids is 1. The molecule has 1 aliphatic carbocycles. The van der Waals surface area contributed by atoms with E-state index in [9.17, 15) is 13.2 Å². The second-order valence-electron chi connectivity index (χ2n) is 7.66. The van der Waals surface area contributed by atoms with Crippen LogP contribution in [0.15, 0.2) is 77.7 Å². The van der Waals surface area contributed by atoms with E-state index in [2.05, 4.69) is 0 Å². The second-order valence-corrected chi connectivity index (χ2v) is 9.19. The second kappa shape index (κ2) is 7.36. The molecule has 3 aromatic carbocycles. The molecule has 1 aliphatic rings. The Balaban J connectivity index is 1.71. The average Bonchev–Trinajstić information content (AvgIpc) is 3.51. The molecule has 0 saturated heterocycles. The summed E-state index contributed by atoms with van der Waals surface area (Å²) in [5, 5.41) is 5.35. The third kappa shape index (κ3) is 3.41. The van der Waals surface area contributed by atoms with Crippen molar-refractivity contribution in [2.45, 2.75) is 29.2 Å². The van der Waals surface area contributed by atoms with Crippen LogP contribution in [0.2, 0.25) is 0 Å². The monoisotopic (exact) mass is 421 g/mol. The van der Waals surface area contributed by atoms with Crippen molar-refractivity contribution in [3.63, 3.8) is 0 Å². The smallest absolute Gasteiger partial charge is 0.238 e. The van der Waals surface area contributed by atoms with E-state index in [1.165, 1.54) is 6.07 Å². The van der Waals surface area contributed by atoms with Gasteiger partial charge in [0.05, 0.1) is 10.3 Å². The van der Waals surface area contributed by atoms with E-state index in [1.54, 1.807) is 30.3 Å². The van der Waals surface area contributed by atoms with E-state index in [-0.39, 0.29) is 16.7 Å². The standard InChI is InChI=1S/C23H23N3O3S/c24-14-15-4-3-5-17(12-15)20-13-23(20,22(25)27)18-10-8-16(9-11-18)19-6-1-2-7-21(19)30(26,28)29/h1-12,20H,13-14,24H2,(H2,25,27)(H2,26,28,29). The van der Waals surface area contributed by atoms with Crippen LogP contribution in [0.25, 0.3) is 11.1 Å². The van der Waals surface area contributed by atoms with Gasteiger partial charge in [-0.15, -0.1) is 0 Å². The van der Waals surface area contributed by atoms with Gasteiger partial charge in [0.2, 0.25) is 15.9 Å². The van der Waals surface area contributed by atoms with E-state index in [1.807, 2.05) is 36.4 Å². The number of hydrogen-bond acceptors (Lipinski definition) is 4. The lowest BCUT2D eigenvalue weighted by molar-refractivity contribution is -0.120. The van der Waals surface area contributed by atoms with Crippen molar-refractivity contribution in [1.82, 2.24) is 0 Å². The lowest BCUT2D eigenvalue weighted by atomic mass is 9.88. The van der Waals surface area contributed by atoms with Gasteiger partial charge in [-0.05, 0) is 34.7 Å². The highest BCUT2D eigenvalue weighted by molar-refractivity contribution is 7.89. The van der Waals surface area contributed by atoms with Crippen molar-refractivity contribution in [3.05, 3.63) is 89.5 Å². The molecule has 1 fully saturated rings. The number of hydrogen-bond donors (Lipinski definition) is 3. The Kier molecular flexibility index (Phi) is 4.97. The quantitative estimate of drug-likeness (QED) is 0.564. The average molecular weight is 422 g/mol. The zero-order valence-corrected chi connectivity index (χ0v) is 17.1. The van der Waals surface area contributed by atoms with Crippen molar-refractivity contribution in [1.29, 1.82) is 0 Å². The predicted molar refractivity (Wildman–Crippen MR) is 116 cm³/mol. The first kappa shape index (κ1) is 20.3. The molecular weight excluding hydrogens is 398 g/mol. The topological polar surface area (TPSA) is 129 Å². The lowest BCUT2D eigenvalue weighted by Crippen LogP contribution is -2.30. The maximum Gasteiger partial charge on any atom is 0.238 e. The van der Waals surface area contributed by atoms with E-state index >= 15 is 0 Å². The Hall–Kier alpha value is -3.00. The van der Waals surface area contributed by atoms with Gasteiger partial charge in [0.25, 0.3) is 0 Å². The van der Waals surface area contributed by atoms with Crippen molar-refractivity contribution >= 4 is 15.9 Å². The maximum atomic E-state index is 12.5. The molecule has 0 aromatic heterocycles. The molecule has 2 atom stereocenters. The molecule has 3 aromatic rings. The SMILES string of the molecule is NCc1cccc(C2CC2(C(N)=O)c2ccc(-c3ccccc3S(N)(=O)=O)cc2)c1. The molecule has 30 heavy (non-hydrogen) atoms. The Bertz CT molecular complexity index is 1220. The summed E-state index contributed by atoms with van der Waals surface area (Å²) in [5.74, 6) is -0.382. The number of primary sulfonamides is 1. The third-order valence-corrected chi connectivity index (χ3v) is 6.86. The molecule has 154 valence electrons. The van der Waals surface area contributed by atoms with Crippen LogP contribution < -0.4 is 16.6 Å².